The number of nitrogens with one attached hydrogen (secondary N) is 1. The number of rotatable bonds is 9. The molecule has 1 fully saturated rings. The van der Waals surface area contributed by atoms with Gasteiger partial charge in [-0.15, -0.1) is 11.8 Å². The van der Waals surface area contributed by atoms with Crippen LogP contribution in [-0.4, -0.2) is 39.9 Å². The molecule has 9 nitrogen and oxygen atoms in total. The normalized spacial score (nSPS) is 20.8. The highest BCUT2D eigenvalue weighted by Crippen LogP contribution is 2.43. The number of aliphatic hydroxyl groups excluding tert-OH is 1. The number of phenolic OH excluding ortho intramolecular Hbond substituents is 1. The maximum absolute atomic E-state index is 12.8. The maximum Gasteiger partial charge on any atom is 0.346 e. The second kappa shape index (κ2) is 13.3. The van der Waals surface area contributed by atoms with E-state index in [2.05, 4.69) is 17.0 Å². The van der Waals surface area contributed by atoms with Gasteiger partial charge >= 0.3 is 11.9 Å². The number of hydrogen-bond acceptors (Lipinski definition) is 9. The van der Waals surface area contributed by atoms with Crippen molar-refractivity contribution in [2.45, 2.75) is 43.5 Å². The van der Waals surface area contributed by atoms with Crippen molar-refractivity contribution in [3.8, 4) is 5.75 Å². The fourth-order valence-electron chi connectivity index (χ4n) is 5.33. The molecule has 1 unspecified atom stereocenters. The van der Waals surface area contributed by atoms with Crippen LogP contribution < -0.4 is 5.32 Å². The van der Waals surface area contributed by atoms with Crippen LogP contribution in [0.5, 0.6) is 5.75 Å². The Kier molecular flexibility index (Phi) is 8.99. The average molecular weight is 626 g/mol. The topological polar surface area (TPSA) is 131 Å². The summed E-state index contributed by atoms with van der Waals surface area (Å²) in [4.78, 5) is 37.3. The third kappa shape index (κ3) is 6.79. The van der Waals surface area contributed by atoms with Gasteiger partial charge in [0.1, 0.15) is 5.75 Å². The van der Waals surface area contributed by atoms with E-state index >= 15 is 0 Å². The van der Waals surface area contributed by atoms with Gasteiger partial charge in [0, 0.05) is 34.2 Å². The monoisotopic (exact) mass is 625 g/mol. The molecule has 1 saturated heterocycles. The first-order chi connectivity index (χ1) is 21.8. The summed E-state index contributed by atoms with van der Waals surface area (Å²) in [5, 5.41) is 22.0. The average Bonchev–Trinajstić information content (AvgIpc) is 3.36. The Morgan fingerprint density at radius 2 is 1.49 bits per heavy atom. The Morgan fingerprint density at radius 1 is 0.822 bits per heavy atom. The number of hydrogen-bond donors (Lipinski definition) is 3. The highest BCUT2D eigenvalue weighted by atomic mass is 32.2. The molecular formula is C35H31NO8S. The molecule has 4 aromatic rings. The summed E-state index contributed by atoms with van der Waals surface area (Å²) in [7, 11) is 0. The highest BCUT2D eigenvalue weighted by Gasteiger charge is 2.38. The lowest BCUT2D eigenvalue weighted by atomic mass is 9.91. The third-order valence-corrected chi connectivity index (χ3v) is 9.09. The number of benzene rings is 4. The van der Waals surface area contributed by atoms with Crippen LogP contribution in [0.3, 0.4) is 0 Å². The summed E-state index contributed by atoms with van der Waals surface area (Å²) in [5.41, 5.74) is 3.99. The summed E-state index contributed by atoms with van der Waals surface area (Å²) in [6, 6.07) is 26.7. The summed E-state index contributed by atoms with van der Waals surface area (Å²) >= 11 is 1.65. The van der Waals surface area contributed by atoms with E-state index in [0.717, 1.165) is 27.1 Å². The molecule has 4 aromatic carbocycles. The number of ether oxygens (including phenoxy) is 3. The number of phenols is 1. The Morgan fingerprint density at radius 3 is 2.20 bits per heavy atom. The first-order valence-corrected chi connectivity index (χ1v) is 15.5. The molecule has 10 heteroatoms. The van der Waals surface area contributed by atoms with Gasteiger partial charge in [-0.25, -0.2) is 9.59 Å². The molecule has 230 valence electrons. The first kappa shape index (κ1) is 30.5. The predicted molar refractivity (Wildman–Crippen MR) is 166 cm³/mol. The van der Waals surface area contributed by atoms with Gasteiger partial charge in [0.15, 0.2) is 6.29 Å². The van der Waals surface area contributed by atoms with E-state index in [-0.39, 0.29) is 59.6 Å². The number of esters is 2. The SMILES string of the molecule is C[C@H]1[C@@H](CSc2ccc(O)cc2)OC(c2ccc(CNC(=O)c3ccc4c(c3)C(=O)OC4=O)cc2)O[C@H]1c1ccc(CO)cc1. The van der Waals surface area contributed by atoms with Gasteiger partial charge < -0.3 is 29.7 Å². The van der Waals surface area contributed by atoms with Crippen molar-refractivity contribution in [2.24, 2.45) is 5.92 Å². The predicted octanol–water partition coefficient (Wildman–Crippen LogP) is 5.71. The molecule has 2 aliphatic heterocycles. The number of aliphatic hydroxyl groups is 1. The summed E-state index contributed by atoms with van der Waals surface area (Å²) in [6.45, 7) is 2.32. The van der Waals surface area contributed by atoms with E-state index in [1.807, 2.05) is 60.7 Å². The molecule has 0 aromatic heterocycles. The smallest absolute Gasteiger partial charge is 0.346 e. The summed E-state index contributed by atoms with van der Waals surface area (Å²) in [5.74, 6) is -0.930. The second-order valence-corrected chi connectivity index (χ2v) is 12.1. The van der Waals surface area contributed by atoms with Crippen molar-refractivity contribution in [3.05, 3.63) is 130 Å². The minimum absolute atomic E-state index is 0.0273. The standard InChI is InChI=1S/C35H31NO8S/c1-20-30(19-45-27-13-11-26(38)12-14-27)42-35(43-31(20)23-6-4-22(18-37)5-7-23)24-8-2-21(3-9-24)17-36-32(39)25-10-15-28-29(16-25)34(41)44-33(28)40/h2-16,20,30-31,35,37-38H,17-19H2,1H3,(H,36,39)/t20-,30+,31+,35?/m0/s1. The van der Waals surface area contributed by atoms with Crippen LogP contribution in [0.2, 0.25) is 0 Å². The van der Waals surface area contributed by atoms with Crippen molar-refractivity contribution in [1.82, 2.24) is 5.32 Å². The van der Waals surface area contributed by atoms with Crippen molar-refractivity contribution >= 4 is 29.6 Å². The number of cyclic esters (lactones) is 2. The quantitative estimate of drug-likeness (QED) is 0.122. The molecule has 1 amide bonds. The van der Waals surface area contributed by atoms with Crippen LogP contribution in [0.15, 0.2) is 95.9 Å². The van der Waals surface area contributed by atoms with E-state index in [1.165, 1.54) is 18.2 Å². The van der Waals surface area contributed by atoms with Crippen LogP contribution >= 0.6 is 11.8 Å². The second-order valence-electron chi connectivity index (χ2n) is 11.0. The number of amides is 1. The van der Waals surface area contributed by atoms with Gasteiger partial charge in [0.05, 0.1) is 29.9 Å². The van der Waals surface area contributed by atoms with Gasteiger partial charge in [-0.1, -0.05) is 55.5 Å². The minimum atomic E-state index is -0.757. The van der Waals surface area contributed by atoms with Gasteiger partial charge in [-0.3, -0.25) is 4.79 Å². The van der Waals surface area contributed by atoms with Crippen LogP contribution in [0, 0.1) is 5.92 Å². The van der Waals surface area contributed by atoms with Crippen molar-refractivity contribution < 1.29 is 38.8 Å². The lowest BCUT2D eigenvalue weighted by Gasteiger charge is -2.41. The molecule has 0 bridgehead atoms. The zero-order valence-corrected chi connectivity index (χ0v) is 25.2. The Labute approximate surface area is 264 Å². The number of thioether (sulfide) groups is 1. The molecule has 3 N–H and O–H groups in total. The maximum atomic E-state index is 12.8. The minimum Gasteiger partial charge on any atom is -0.508 e. The number of carbonyl (C=O) groups excluding carboxylic acids is 3. The molecule has 6 rings (SSSR count). The molecule has 2 heterocycles. The van der Waals surface area contributed by atoms with Crippen molar-refractivity contribution in [1.29, 1.82) is 0 Å². The van der Waals surface area contributed by atoms with E-state index in [9.17, 15) is 24.6 Å². The van der Waals surface area contributed by atoms with Gasteiger partial charge in [0.2, 0.25) is 0 Å². The van der Waals surface area contributed by atoms with Crippen LogP contribution in [0.25, 0.3) is 0 Å². The fourth-order valence-corrected chi connectivity index (χ4v) is 6.40. The fraction of sp³-hybridized carbons (Fsp3) is 0.229. The molecule has 0 radical (unpaired) electrons. The zero-order valence-electron chi connectivity index (χ0n) is 24.3. The largest absolute Gasteiger partial charge is 0.508 e. The summed E-state index contributed by atoms with van der Waals surface area (Å²) in [6.07, 6.45) is -1.03. The molecule has 0 saturated carbocycles. The molecule has 0 spiro atoms. The summed E-state index contributed by atoms with van der Waals surface area (Å²) < 4.78 is 17.6. The molecule has 2 aliphatic rings. The van der Waals surface area contributed by atoms with E-state index in [1.54, 1.807) is 23.9 Å². The van der Waals surface area contributed by atoms with E-state index < -0.39 is 18.2 Å². The zero-order chi connectivity index (χ0) is 31.5. The highest BCUT2D eigenvalue weighted by molar-refractivity contribution is 7.99. The molecule has 0 aliphatic carbocycles. The van der Waals surface area contributed by atoms with Gasteiger partial charge in [0.25, 0.3) is 5.91 Å². The number of carbonyl (C=O) groups is 3. The third-order valence-electron chi connectivity index (χ3n) is 7.99. The molecule has 45 heavy (non-hydrogen) atoms. The lowest BCUT2D eigenvalue weighted by Crippen LogP contribution is -2.38. The van der Waals surface area contributed by atoms with Crippen molar-refractivity contribution in [3.63, 3.8) is 0 Å². The van der Waals surface area contributed by atoms with Gasteiger partial charge in [-0.2, -0.15) is 0 Å². The Hall–Kier alpha value is -4.48. The van der Waals surface area contributed by atoms with Gasteiger partial charge in [-0.05, 0) is 59.2 Å². The first-order valence-electron chi connectivity index (χ1n) is 14.5. The van der Waals surface area contributed by atoms with Crippen molar-refractivity contribution in [2.75, 3.05) is 5.75 Å². The number of fused-ring (bicyclic) bond motifs is 1. The molecule has 4 atom stereocenters. The van der Waals surface area contributed by atoms with Crippen LogP contribution in [-0.2, 0) is 27.4 Å². The number of aromatic hydroxyl groups is 1. The lowest BCUT2D eigenvalue weighted by molar-refractivity contribution is -0.268. The van der Waals surface area contributed by atoms with E-state index in [4.69, 9.17) is 9.47 Å². The van der Waals surface area contributed by atoms with E-state index in [0.29, 0.717) is 5.75 Å². The Bertz CT molecular complexity index is 1710. The van der Waals surface area contributed by atoms with Crippen LogP contribution in [0.4, 0.5) is 0 Å². The molecular weight excluding hydrogens is 594 g/mol. The van der Waals surface area contributed by atoms with Crippen LogP contribution in [0.1, 0.15) is 72.6 Å². The Balaban J connectivity index is 1.14.